The third kappa shape index (κ3) is 1.29. The second-order valence-electron chi connectivity index (χ2n) is 2.17. The third-order valence-electron chi connectivity index (χ3n) is 1.44. The van der Waals surface area contributed by atoms with E-state index in [1.54, 1.807) is 0 Å². The fourth-order valence-corrected chi connectivity index (χ4v) is 0.792. The second kappa shape index (κ2) is 3.01. The van der Waals surface area contributed by atoms with Crippen molar-refractivity contribution in [2.75, 3.05) is 6.61 Å². The summed E-state index contributed by atoms with van der Waals surface area (Å²) in [6.07, 6.45) is -0.0318. The fourth-order valence-electron chi connectivity index (χ4n) is 0.792. The molecule has 3 N–H and O–H groups in total. The van der Waals surface area contributed by atoms with E-state index in [0.717, 1.165) is 0 Å². The van der Waals surface area contributed by atoms with E-state index in [4.69, 9.17) is 20.1 Å². The molecule has 1 heterocycles. The Morgan fingerprint density at radius 2 is 2.10 bits per heavy atom. The second-order valence-corrected chi connectivity index (χ2v) is 2.17. The van der Waals surface area contributed by atoms with Gasteiger partial charge >= 0.3 is 0 Å². The van der Waals surface area contributed by atoms with Crippen molar-refractivity contribution in [3.63, 3.8) is 0 Å². The number of aliphatic hydroxyl groups is 3. The molecule has 4 heteroatoms. The topological polar surface area (TPSA) is 69.9 Å². The van der Waals surface area contributed by atoms with Crippen molar-refractivity contribution in [2.24, 2.45) is 0 Å². The monoisotopic (exact) mass is 146 g/mol. The Labute approximate surface area is 58.4 Å². The Kier molecular flexibility index (Phi) is 2.26. The zero-order valence-electron chi connectivity index (χ0n) is 5.34. The molecule has 0 fully saturated rings. The molecule has 3 atom stereocenters. The van der Waals surface area contributed by atoms with Crippen LogP contribution in [0.15, 0.2) is 12.3 Å². The fraction of sp³-hybridized carbons (Fsp3) is 0.667. The molecule has 1 aliphatic heterocycles. The van der Waals surface area contributed by atoms with E-state index in [-0.39, 0.29) is 6.61 Å². The third-order valence-corrected chi connectivity index (χ3v) is 1.44. The molecule has 0 aromatic rings. The van der Waals surface area contributed by atoms with Crippen LogP contribution in [0.25, 0.3) is 0 Å². The molecule has 4 nitrogen and oxygen atoms in total. The van der Waals surface area contributed by atoms with Gasteiger partial charge in [0.25, 0.3) is 0 Å². The molecule has 58 valence electrons. The molecule has 1 unspecified atom stereocenters. The molecule has 1 aliphatic rings. The van der Waals surface area contributed by atoms with Gasteiger partial charge in [-0.3, -0.25) is 0 Å². The molecule has 0 aromatic carbocycles. The van der Waals surface area contributed by atoms with Crippen LogP contribution in [-0.4, -0.2) is 40.2 Å². The first-order valence-corrected chi connectivity index (χ1v) is 3.05. The predicted molar refractivity (Wildman–Crippen MR) is 33.1 cm³/mol. The maximum atomic E-state index is 9.05. The first-order chi connectivity index (χ1) is 4.75. The number of aliphatic hydroxyl groups excluding tert-OH is 3. The molecule has 0 spiro atoms. The first-order valence-electron chi connectivity index (χ1n) is 3.05. The summed E-state index contributed by atoms with van der Waals surface area (Å²) < 4.78 is 4.77. The van der Waals surface area contributed by atoms with Gasteiger partial charge in [-0.1, -0.05) is 0 Å². The van der Waals surface area contributed by atoms with Gasteiger partial charge < -0.3 is 20.1 Å². The smallest absolute Gasteiger partial charge is 0.149 e. The van der Waals surface area contributed by atoms with Crippen LogP contribution in [0.5, 0.6) is 0 Å². The average molecular weight is 146 g/mol. The van der Waals surface area contributed by atoms with Gasteiger partial charge in [0.1, 0.15) is 18.3 Å². The lowest BCUT2D eigenvalue weighted by Crippen LogP contribution is -2.42. The Morgan fingerprint density at radius 3 is 2.60 bits per heavy atom. The maximum absolute atomic E-state index is 9.05. The summed E-state index contributed by atoms with van der Waals surface area (Å²) >= 11 is 0. The van der Waals surface area contributed by atoms with Crippen LogP contribution in [0, 0.1) is 0 Å². The largest absolute Gasteiger partial charge is 0.493 e. The number of hydrogen-bond donors (Lipinski definition) is 3. The van der Waals surface area contributed by atoms with Gasteiger partial charge in [-0.05, 0) is 6.08 Å². The van der Waals surface area contributed by atoms with Crippen molar-refractivity contribution >= 4 is 0 Å². The SMILES string of the molecule is OCC1OC=C[C@@H](O)[C@H]1O. The zero-order chi connectivity index (χ0) is 7.56. The summed E-state index contributed by atoms with van der Waals surface area (Å²) in [4.78, 5) is 0. The minimum absolute atomic E-state index is 0.289. The number of hydrogen-bond acceptors (Lipinski definition) is 4. The van der Waals surface area contributed by atoms with Gasteiger partial charge in [0, 0.05) is 0 Å². The van der Waals surface area contributed by atoms with Gasteiger partial charge in [-0.25, -0.2) is 0 Å². The molecule has 0 aromatic heterocycles. The van der Waals surface area contributed by atoms with E-state index in [1.165, 1.54) is 12.3 Å². The van der Waals surface area contributed by atoms with Crippen molar-refractivity contribution in [1.82, 2.24) is 0 Å². The maximum Gasteiger partial charge on any atom is 0.149 e. The Hall–Kier alpha value is -0.580. The quantitative estimate of drug-likeness (QED) is 0.426. The lowest BCUT2D eigenvalue weighted by Gasteiger charge is -2.26. The van der Waals surface area contributed by atoms with Crippen LogP contribution >= 0.6 is 0 Å². The highest BCUT2D eigenvalue weighted by atomic mass is 16.5. The van der Waals surface area contributed by atoms with Crippen LogP contribution in [0.4, 0.5) is 0 Å². The molecule has 0 bridgehead atoms. The normalized spacial score (nSPS) is 39.3. The van der Waals surface area contributed by atoms with Crippen molar-refractivity contribution in [1.29, 1.82) is 0 Å². The standard InChI is InChI=1S/C6H10O4/c7-3-5-6(9)4(8)1-2-10-5/h1-2,4-9H,3H2/t4-,5?,6-/m1/s1. The average Bonchev–Trinajstić information content (AvgIpc) is 1.95. The van der Waals surface area contributed by atoms with Gasteiger partial charge in [-0.15, -0.1) is 0 Å². The van der Waals surface area contributed by atoms with E-state index >= 15 is 0 Å². The minimum atomic E-state index is -1.02. The molecule has 0 saturated heterocycles. The van der Waals surface area contributed by atoms with E-state index in [1.807, 2.05) is 0 Å². The number of ether oxygens (including phenoxy) is 1. The van der Waals surface area contributed by atoms with E-state index in [2.05, 4.69) is 0 Å². The van der Waals surface area contributed by atoms with Crippen molar-refractivity contribution in [3.05, 3.63) is 12.3 Å². The summed E-state index contributed by atoms with van der Waals surface area (Å²) in [5, 5.41) is 26.6. The summed E-state index contributed by atoms with van der Waals surface area (Å²) in [6.45, 7) is -0.289. The molecule has 0 radical (unpaired) electrons. The highest BCUT2D eigenvalue weighted by Gasteiger charge is 2.27. The van der Waals surface area contributed by atoms with Crippen molar-refractivity contribution in [3.8, 4) is 0 Å². The summed E-state index contributed by atoms with van der Waals surface area (Å²) in [6, 6.07) is 0. The molecule has 0 saturated carbocycles. The number of rotatable bonds is 1. The first kappa shape index (κ1) is 7.53. The predicted octanol–water partition coefficient (Wildman–Crippen LogP) is -1.39. The molecular formula is C6H10O4. The van der Waals surface area contributed by atoms with Gasteiger partial charge in [0.05, 0.1) is 12.9 Å². The van der Waals surface area contributed by atoms with E-state index in [0.29, 0.717) is 0 Å². The van der Waals surface area contributed by atoms with Crippen molar-refractivity contribution < 1.29 is 20.1 Å². The lowest BCUT2D eigenvalue weighted by atomic mass is 10.1. The Bertz CT molecular complexity index is 134. The van der Waals surface area contributed by atoms with Gasteiger partial charge in [0.2, 0.25) is 0 Å². The molecule has 0 aliphatic carbocycles. The highest BCUT2D eigenvalue weighted by molar-refractivity contribution is 4.96. The molecule has 10 heavy (non-hydrogen) atoms. The molecule has 0 amide bonds. The molecular weight excluding hydrogens is 136 g/mol. The minimum Gasteiger partial charge on any atom is -0.493 e. The van der Waals surface area contributed by atoms with E-state index in [9.17, 15) is 0 Å². The Balaban J connectivity index is 2.56. The van der Waals surface area contributed by atoms with E-state index < -0.39 is 18.3 Å². The lowest BCUT2D eigenvalue weighted by molar-refractivity contribution is -0.0808. The van der Waals surface area contributed by atoms with Crippen LogP contribution in [0.2, 0.25) is 0 Å². The zero-order valence-corrected chi connectivity index (χ0v) is 5.34. The van der Waals surface area contributed by atoms with Crippen LogP contribution in [0.1, 0.15) is 0 Å². The van der Waals surface area contributed by atoms with Crippen molar-refractivity contribution in [2.45, 2.75) is 18.3 Å². The summed E-state index contributed by atoms with van der Waals surface area (Å²) in [5.41, 5.74) is 0. The van der Waals surface area contributed by atoms with Crippen LogP contribution < -0.4 is 0 Å². The molecule has 1 rings (SSSR count). The summed E-state index contributed by atoms with van der Waals surface area (Å²) in [7, 11) is 0. The summed E-state index contributed by atoms with van der Waals surface area (Å²) in [5.74, 6) is 0. The van der Waals surface area contributed by atoms with Gasteiger partial charge in [0.15, 0.2) is 0 Å². The highest BCUT2D eigenvalue weighted by Crippen LogP contribution is 2.10. The van der Waals surface area contributed by atoms with Gasteiger partial charge in [-0.2, -0.15) is 0 Å². The van der Waals surface area contributed by atoms with Crippen LogP contribution in [0.3, 0.4) is 0 Å². The van der Waals surface area contributed by atoms with Crippen LogP contribution in [-0.2, 0) is 4.74 Å². The Morgan fingerprint density at radius 1 is 1.40 bits per heavy atom.